The maximum Gasteiger partial charge on any atom is 0.125 e. The third kappa shape index (κ3) is 0.585. The van der Waals surface area contributed by atoms with E-state index in [1.54, 1.807) is 0 Å². The van der Waals surface area contributed by atoms with Gasteiger partial charge in [-0.1, -0.05) is 12.2 Å². The van der Waals surface area contributed by atoms with Gasteiger partial charge < -0.3 is 0 Å². The second-order valence-corrected chi connectivity index (χ2v) is 10.5. The summed E-state index contributed by atoms with van der Waals surface area (Å²) in [5.41, 5.74) is 0. The monoisotopic (exact) mass is 290 g/mol. The minimum atomic E-state index is -0.313. The van der Waals surface area contributed by atoms with Gasteiger partial charge in [-0.2, -0.15) is 0 Å². The van der Waals surface area contributed by atoms with Crippen LogP contribution in [0.4, 0.5) is 0 Å². The average Bonchev–Trinajstić information content (AvgIpc) is 2.62. The number of hydrogen-bond acceptors (Lipinski definition) is 0. The molecule has 0 aromatic carbocycles. The molecule has 8 fully saturated rings. The Morgan fingerprint density at radius 2 is 0.895 bits per heavy atom. The number of alkyl halides is 2. The number of hydrogen-bond donors (Lipinski definition) is 0. The molecule has 0 aromatic rings. The van der Waals surface area contributed by atoms with E-state index < -0.39 is 0 Å². The van der Waals surface area contributed by atoms with Gasteiger partial charge in [-0.05, 0) is 71.0 Å². The molecule has 14 unspecified atom stereocenters. The van der Waals surface area contributed by atoms with Crippen molar-refractivity contribution >= 4 is 23.2 Å². The van der Waals surface area contributed by atoms with Gasteiger partial charge in [0.05, 0.1) is 0 Å². The lowest BCUT2D eigenvalue weighted by Gasteiger charge is -2.67. The molecule has 10 rings (SSSR count). The third-order valence-corrected chi connectivity index (χ3v) is 10.7. The van der Waals surface area contributed by atoms with E-state index in [-0.39, 0.29) is 4.33 Å². The molecule has 14 atom stereocenters. The Kier molecular flexibility index (Phi) is 1.07. The van der Waals surface area contributed by atoms with Crippen molar-refractivity contribution in [2.24, 2.45) is 82.9 Å². The Morgan fingerprint density at radius 1 is 0.526 bits per heavy atom. The third-order valence-electron chi connectivity index (χ3n) is 9.66. The minimum Gasteiger partial charge on any atom is -0.101 e. The van der Waals surface area contributed by atoms with E-state index in [1.165, 1.54) is 0 Å². The number of allylic oxidation sites excluding steroid dienone is 2. The Bertz CT molecular complexity index is 608. The molecule has 98 valence electrons. The fraction of sp³-hybridized carbons (Fsp3) is 0.882. The molecule has 10 bridgehead atoms. The molecule has 10 aliphatic carbocycles. The van der Waals surface area contributed by atoms with Gasteiger partial charge in [-0.3, -0.25) is 0 Å². The van der Waals surface area contributed by atoms with Crippen molar-refractivity contribution in [3.8, 4) is 0 Å². The molecule has 19 heavy (non-hydrogen) atoms. The van der Waals surface area contributed by atoms with Crippen LogP contribution in [0.1, 0.15) is 0 Å². The summed E-state index contributed by atoms with van der Waals surface area (Å²) >= 11 is 13.4. The fourth-order valence-corrected chi connectivity index (χ4v) is 11.1. The maximum absolute atomic E-state index is 6.68. The molecule has 0 spiro atoms. The van der Waals surface area contributed by atoms with Crippen LogP contribution in [0.3, 0.4) is 0 Å². The summed E-state index contributed by atoms with van der Waals surface area (Å²) in [6.45, 7) is 0. The van der Waals surface area contributed by atoms with E-state index in [0.717, 1.165) is 71.0 Å². The van der Waals surface area contributed by atoms with Crippen molar-refractivity contribution < 1.29 is 0 Å². The van der Waals surface area contributed by atoms with Crippen molar-refractivity contribution in [3.05, 3.63) is 12.2 Å². The topological polar surface area (TPSA) is 0 Å². The summed E-state index contributed by atoms with van der Waals surface area (Å²) in [4.78, 5) is 0. The maximum atomic E-state index is 6.68. The summed E-state index contributed by atoms with van der Waals surface area (Å²) < 4.78 is -0.313. The van der Waals surface area contributed by atoms with Crippen LogP contribution in [0.25, 0.3) is 0 Å². The van der Waals surface area contributed by atoms with Crippen LogP contribution in [0, 0.1) is 82.9 Å². The molecule has 8 saturated carbocycles. The summed E-state index contributed by atoms with van der Waals surface area (Å²) in [5, 5.41) is 0. The standard InChI is InChI=1S/C17H16Cl2/c18-17(19)15-13-8-4-2-1-3-5-6(4)10-9(5)11(7(3)8)14(12(10)13)16(15)17/h1-16H. The fourth-order valence-electron chi connectivity index (χ4n) is 10.1. The van der Waals surface area contributed by atoms with Crippen molar-refractivity contribution in [1.29, 1.82) is 0 Å². The zero-order valence-corrected chi connectivity index (χ0v) is 12.0. The molecule has 0 aromatic heterocycles. The predicted octanol–water partition coefficient (Wildman–Crippen LogP) is 3.45. The quantitative estimate of drug-likeness (QED) is 0.474. The first kappa shape index (κ1) is 9.36. The van der Waals surface area contributed by atoms with Gasteiger partial charge >= 0.3 is 0 Å². The van der Waals surface area contributed by atoms with Crippen LogP contribution in [0.15, 0.2) is 12.2 Å². The van der Waals surface area contributed by atoms with Crippen molar-refractivity contribution in [2.75, 3.05) is 0 Å². The Balaban J connectivity index is 1.49. The van der Waals surface area contributed by atoms with Gasteiger partial charge in [0, 0.05) is 11.8 Å². The SMILES string of the molecule is ClC1(Cl)C2C3C4C5C=CC6C7C5C5C7C(C64)C(C53)C21. The lowest BCUT2D eigenvalue weighted by atomic mass is 9.37. The highest BCUT2D eigenvalue weighted by molar-refractivity contribution is 6.51. The average molecular weight is 291 g/mol. The number of fused-ring (bicyclic) bond motifs is 1. The molecule has 0 nitrogen and oxygen atoms in total. The first-order chi connectivity index (χ1) is 9.23. The van der Waals surface area contributed by atoms with E-state index >= 15 is 0 Å². The minimum absolute atomic E-state index is 0.313. The second-order valence-electron chi connectivity index (χ2n) is 9.04. The smallest absolute Gasteiger partial charge is 0.101 e. The van der Waals surface area contributed by atoms with Crippen LogP contribution < -0.4 is 0 Å². The molecule has 2 heteroatoms. The van der Waals surface area contributed by atoms with Crippen molar-refractivity contribution in [1.82, 2.24) is 0 Å². The molecule has 10 aliphatic rings. The number of rotatable bonds is 0. The molecular weight excluding hydrogens is 275 g/mol. The van der Waals surface area contributed by atoms with Crippen LogP contribution >= 0.6 is 23.2 Å². The Morgan fingerprint density at radius 3 is 1.47 bits per heavy atom. The lowest BCUT2D eigenvalue weighted by molar-refractivity contribution is -0.177. The highest BCUT2D eigenvalue weighted by Crippen LogP contribution is 2.94. The second kappa shape index (κ2) is 2.17. The van der Waals surface area contributed by atoms with Crippen molar-refractivity contribution in [2.45, 2.75) is 4.33 Å². The van der Waals surface area contributed by atoms with E-state index in [1.807, 2.05) is 0 Å². The van der Waals surface area contributed by atoms with Crippen LogP contribution in [-0.2, 0) is 0 Å². The summed E-state index contributed by atoms with van der Waals surface area (Å²) in [7, 11) is 0. The number of halogens is 2. The molecule has 0 aliphatic heterocycles. The van der Waals surface area contributed by atoms with E-state index in [4.69, 9.17) is 23.2 Å². The molecular formula is C17H16Cl2. The normalized spacial score (nSPS) is 86.6. The first-order valence-corrected chi connectivity index (χ1v) is 9.04. The highest BCUT2D eigenvalue weighted by Gasteiger charge is 2.92. The van der Waals surface area contributed by atoms with Gasteiger partial charge in [0.1, 0.15) is 4.33 Å². The van der Waals surface area contributed by atoms with Gasteiger partial charge in [-0.15, -0.1) is 23.2 Å². The molecule has 0 N–H and O–H groups in total. The van der Waals surface area contributed by atoms with Crippen LogP contribution in [0.2, 0.25) is 0 Å². The van der Waals surface area contributed by atoms with Crippen molar-refractivity contribution in [3.63, 3.8) is 0 Å². The highest BCUT2D eigenvalue weighted by atomic mass is 35.5. The zero-order valence-electron chi connectivity index (χ0n) is 10.5. The summed E-state index contributed by atoms with van der Waals surface area (Å²) in [5.74, 6) is 13.8. The Labute approximate surface area is 122 Å². The molecule has 0 heterocycles. The molecule has 0 radical (unpaired) electrons. The lowest BCUT2D eigenvalue weighted by Crippen LogP contribution is -2.64. The van der Waals surface area contributed by atoms with Crippen LogP contribution in [-0.4, -0.2) is 4.33 Å². The Hall–Kier alpha value is 0.320. The molecule has 0 amide bonds. The van der Waals surface area contributed by atoms with Gasteiger partial charge in [0.15, 0.2) is 0 Å². The van der Waals surface area contributed by atoms with Gasteiger partial charge in [0.2, 0.25) is 0 Å². The predicted molar refractivity (Wildman–Crippen MR) is 72.4 cm³/mol. The van der Waals surface area contributed by atoms with Crippen LogP contribution in [0.5, 0.6) is 0 Å². The zero-order chi connectivity index (χ0) is 12.0. The largest absolute Gasteiger partial charge is 0.125 e. The summed E-state index contributed by atoms with van der Waals surface area (Å²) in [6.07, 6.45) is 5.27. The van der Waals surface area contributed by atoms with E-state index in [9.17, 15) is 0 Å². The molecule has 0 saturated heterocycles. The first-order valence-electron chi connectivity index (χ1n) is 8.29. The van der Waals surface area contributed by atoms with E-state index in [2.05, 4.69) is 12.2 Å². The van der Waals surface area contributed by atoms with Gasteiger partial charge in [-0.25, -0.2) is 0 Å². The van der Waals surface area contributed by atoms with E-state index in [0.29, 0.717) is 11.8 Å². The summed E-state index contributed by atoms with van der Waals surface area (Å²) in [6, 6.07) is 0. The van der Waals surface area contributed by atoms with Gasteiger partial charge in [0.25, 0.3) is 0 Å².